The van der Waals surface area contributed by atoms with Crippen molar-refractivity contribution < 1.29 is 23.8 Å². The van der Waals surface area contributed by atoms with Gasteiger partial charge in [0, 0.05) is 6.54 Å². The molecule has 0 aliphatic carbocycles. The Hall–Kier alpha value is -2.44. The molecule has 0 radical (unpaired) electrons. The van der Waals surface area contributed by atoms with Gasteiger partial charge in [-0.15, -0.1) is 0 Å². The topological polar surface area (TPSA) is 65.1 Å². The molecular formula is C23H25Cl2NO5. The van der Waals surface area contributed by atoms with Crippen molar-refractivity contribution in [2.75, 3.05) is 20.3 Å². The van der Waals surface area contributed by atoms with Crippen molar-refractivity contribution in [2.45, 2.75) is 32.9 Å². The number of hydrogen-bond acceptors (Lipinski definition) is 5. The van der Waals surface area contributed by atoms with Gasteiger partial charge < -0.3 is 14.2 Å². The van der Waals surface area contributed by atoms with Crippen molar-refractivity contribution in [2.24, 2.45) is 5.92 Å². The van der Waals surface area contributed by atoms with Crippen LogP contribution in [-0.4, -0.2) is 37.2 Å². The summed E-state index contributed by atoms with van der Waals surface area (Å²) in [7, 11) is 1.31. The molecule has 1 heterocycles. The van der Waals surface area contributed by atoms with Crippen molar-refractivity contribution >= 4 is 35.3 Å². The number of carbonyl (C=O) groups excluding carboxylic acids is 2. The van der Waals surface area contributed by atoms with E-state index in [9.17, 15) is 9.59 Å². The highest BCUT2D eigenvalue weighted by atomic mass is 35.5. The minimum Gasteiger partial charge on any atom is -0.489 e. The largest absolute Gasteiger partial charge is 0.489 e. The predicted molar refractivity (Wildman–Crippen MR) is 119 cm³/mol. The average Bonchev–Trinajstić information content (AvgIpc) is 2.76. The normalized spacial score (nSPS) is 15.4. The molecule has 0 fully saturated rings. The van der Waals surface area contributed by atoms with E-state index in [0.29, 0.717) is 40.9 Å². The molecule has 1 unspecified atom stereocenters. The van der Waals surface area contributed by atoms with Gasteiger partial charge in [-0.3, -0.25) is 4.90 Å². The Morgan fingerprint density at radius 1 is 1.13 bits per heavy atom. The number of carbonyl (C=O) groups is 2. The fourth-order valence-corrected chi connectivity index (χ4v) is 3.69. The zero-order chi connectivity index (χ0) is 22.5. The lowest BCUT2D eigenvalue weighted by Crippen LogP contribution is -2.44. The summed E-state index contributed by atoms with van der Waals surface area (Å²) in [6.45, 7) is 4.87. The van der Waals surface area contributed by atoms with Crippen LogP contribution >= 0.6 is 23.2 Å². The van der Waals surface area contributed by atoms with E-state index in [-0.39, 0.29) is 12.5 Å². The number of amides is 1. The van der Waals surface area contributed by atoms with Crippen LogP contribution in [0, 0.1) is 5.92 Å². The second-order valence-electron chi connectivity index (χ2n) is 7.74. The fraction of sp³-hybridized carbons (Fsp3) is 0.391. The van der Waals surface area contributed by atoms with Gasteiger partial charge in [-0.05, 0) is 53.3 Å². The molecule has 1 atom stereocenters. The van der Waals surface area contributed by atoms with E-state index in [1.807, 2.05) is 26.0 Å². The van der Waals surface area contributed by atoms with Gasteiger partial charge in [0.05, 0.1) is 23.8 Å². The number of ether oxygens (including phenoxy) is 3. The van der Waals surface area contributed by atoms with E-state index >= 15 is 0 Å². The number of fused-ring (bicyclic) bond motifs is 1. The van der Waals surface area contributed by atoms with Gasteiger partial charge in [-0.25, -0.2) is 9.59 Å². The number of benzene rings is 2. The van der Waals surface area contributed by atoms with E-state index in [4.69, 9.17) is 37.4 Å². The third-order valence-electron chi connectivity index (χ3n) is 4.93. The van der Waals surface area contributed by atoms with Gasteiger partial charge >= 0.3 is 12.1 Å². The molecule has 31 heavy (non-hydrogen) atoms. The maximum atomic E-state index is 12.6. The summed E-state index contributed by atoms with van der Waals surface area (Å²) in [6, 6.07) is 9.94. The lowest BCUT2D eigenvalue weighted by Gasteiger charge is -2.35. The first-order valence-electron chi connectivity index (χ1n) is 10.0. The molecule has 0 N–H and O–H groups in total. The van der Waals surface area contributed by atoms with Crippen LogP contribution in [0.3, 0.4) is 0 Å². The summed E-state index contributed by atoms with van der Waals surface area (Å²) in [4.78, 5) is 26.5. The van der Waals surface area contributed by atoms with Gasteiger partial charge in [0.2, 0.25) is 0 Å². The first-order valence-corrected chi connectivity index (χ1v) is 10.8. The van der Waals surface area contributed by atoms with Crippen LogP contribution in [0.15, 0.2) is 36.4 Å². The van der Waals surface area contributed by atoms with Gasteiger partial charge in [-0.1, -0.05) is 49.2 Å². The van der Waals surface area contributed by atoms with Crippen LogP contribution in [-0.2, 0) is 27.3 Å². The highest BCUT2D eigenvalue weighted by Crippen LogP contribution is 2.34. The number of halogens is 2. The molecule has 166 valence electrons. The third-order valence-corrected chi connectivity index (χ3v) is 5.67. The third kappa shape index (κ3) is 5.63. The summed E-state index contributed by atoms with van der Waals surface area (Å²) < 4.78 is 16.2. The number of methoxy groups -OCH3 is 1. The molecule has 1 aliphatic rings. The zero-order valence-electron chi connectivity index (χ0n) is 17.7. The molecule has 2 aromatic rings. The van der Waals surface area contributed by atoms with Crippen molar-refractivity contribution in [1.82, 2.24) is 4.90 Å². The quantitative estimate of drug-likeness (QED) is 0.531. The Kier molecular flexibility index (Phi) is 7.68. The smallest absolute Gasteiger partial charge is 0.410 e. The van der Waals surface area contributed by atoms with Crippen LogP contribution in [0.5, 0.6) is 5.75 Å². The number of rotatable bonds is 6. The van der Waals surface area contributed by atoms with Crippen molar-refractivity contribution in [3.8, 4) is 5.75 Å². The first kappa shape index (κ1) is 23.2. The minimum atomic E-state index is -0.850. The van der Waals surface area contributed by atoms with Crippen LogP contribution in [0.2, 0.25) is 10.0 Å². The molecule has 0 saturated heterocycles. The molecule has 0 aromatic heterocycles. The number of esters is 1. The van der Waals surface area contributed by atoms with Crippen LogP contribution in [0.4, 0.5) is 4.79 Å². The summed E-state index contributed by atoms with van der Waals surface area (Å²) in [6.07, 6.45) is 0.0542. The van der Waals surface area contributed by atoms with E-state index in [1.54, 1.807) is 24.3 Å². The Morgan fingerprint density at radius 2 is 1.90 bits per heavy atom. The van der Waals surface area contributed by atoms with Gasteiger partial charge in [0.25, 0.3) is 0 Å². The summed E-state index contributed by atoms with van der Waals surface area (Å²) in [5.41, 5.74) is 2.52. The molecular weight excluding hydrogens is 441 g/mol. The van der Waals surface area contributed by atoms with Crippen LogP contribution < -0.4 is 4.74 Å². The van der Waals surface area contributed by atoms with Gasteiger partial charge in [0.15, 0.2) is 6.04 Å². The summed E-state index contributed by atoms with van der Waals surface area (Å²) in [5, 5.41) is 0.961. The van der Waals surface area contributed by atoms with Gasteiger partial charge in [-0.2, -0.15) is 0 Å². The molecule has 1 aliphatic heterocycles. The Bertz CT molecular complexity index is 963. The molecule has 3 rings (SSSR count). The van der Waals surface area contributed by atoms with E-state index in [1.165, 1.54) is 12.0 Å². The Labute approximate surface area is 192 Å². The second kappa shape index (κ2) is 10.2. The first-order chi connectivity index (χ1) is 14.8. The zero-order valence-corrected chi connectivity index (χ0v) is 19.2. The van der Waals surface area contributed by atoms with Crippen molar-refractivity contribution in [1.29, 1.82) is 0 Å². The monoisotopic (exact) mass is 465 g/mol. The molecule has 1 amide bonds. The van der Waals surface area contributed by atoms with E-state index in [2.05, 4.69) is 0 Å². The summed E-state index contributed by atoms with van der Waals surface area (Å²) >= 11 is 12.0. The van der Waals surface area contributed by atoms with Crippen molar-refractivity contribution in [3.05, 3.63) is 63.1 Å². The maximum absolute atomic E-state index is 12.6. The standard InChI is InChI=1S/C23H25Cl2NO5/c1-14(2)12-31-23(28)26-9-8-16-11-17(5-6-18(16)21(26)22(27)29-3)30-13-15-4-7-19(24)20(25)10-15/h4-7,10-11,14,21H,8-9,12-13H2,1-3H3. The SMILES string of the molecule is COC(=O)C1c2ccc(OCc3ccc(Cl)c(Cl)c3)cc2CCN1C(=O)OCC(C)C. The molecule has 0 spiro atoms. The molecule has 2 aromatic carbocycles. The minimum absolute atomic E-state index is 0.202. The van der Waals surface area contributed by atoms with E-state index in [0.717, 1.165) is 11.1 Å². The molecule has 0 saturated carbocycles. The van der Waals surface area contributed by atoms with Crippen molar-refractivity contribution in [3.63, 3.8) is 0 Å². The van der Waals surface area contributed by atoms with Crippen LogP contribution in [0.1, 0.15) is 36.6 Å². The van der Waals surface area contributed by atoms with E-state index < -0.39 is 18.1 Å². The fourth-order valence-electron chi connectivity index (χ4n) is 3.37. The molecule has 6 nitrogen and oxygen atoms in total. The molecule has 0 bridgehead atoms. The summed E-state index contributed by atoms with van der Waals surface area (Å²) in [5.74, 6) is 0.351. The highest BCUT2D eigenvalue weighted by Gasteiger charge is 2.37. The maximum Gasteiger partial charge on any atom is 0.410 e. The Balaban J connectivity index is 1.77. The lowest BCUT2D eigenvalue weighted by atomic mass is 9.92. The van der Waals surface area contributed by atoms with Gasteiger partial charge in [0.1, 0.15) is 12.4 Å². The lowest BCUT2D eigenvalue weighted by molar-refractivity contribution is -0.147. The Morgan fingerprint density at radius 3 is 2.58 bits per heavy atom. The average molecular weight is 466 g/mol. The van der Waals surface area contributed by atoms with Crippen LogP contribution in [0.25, 0.3) is 0 Å². The number of nitrogens with zero attached hydrogens (tertiary/aromatic N) is 1. The predicted octanol–water partition coefficient (Wildman–Crippen LogP) is 5.44. The second-order valence-corrected chi connectivity index (χ2v) is 8.55. The number of hydrogen-bond donors (Lipinski definition) is 0. The molecule has 8 heteroatoms. The highest BCUT2D eigenvalue weighted by molar-refractivity contribution is 6.42.